The molecule has 10 heteroatoms. The van der Waals surface area contributed by atoms with Crippen LogP contribution in [0, 0.1) is 3.57 Å². The molecule has 3 aromatic carbocycles. The molecule has 0 aromatic heterocycles. The SMILES string of the molecule is CCOc1ccc(N=C2NC(=O)/C(=C/c3cc(I)c(OCc4ccc(Cl)cc4Cl)c(OC)c3)S2)cc1. The molecule has 3 aromatic rings. The Morgan fingerprint density at radius 3 is 2.56 bits per heavy atom. The van der Waals surface area contributed by atoms with Crippen molar-refractivity contribution in [1.82, 2.24) is 5.32 Å². The van der Waals surface area contributed by atoms with E-state index in [0.717, 1.165) is 26.1 Å². The summed E-state index contributed by atoms with van der Waals surface area (Å²) in [4.78, 5) is 17.6. The lowest BCUT2D eigenvalue weighted by Crippen LogP contribution is -2.19. The van der Waals surface area contributed by atoms with E-state index in [0.29, 0.717) is 38.2 Å². The zero-order valence-corrected chi connectivity index (χ0v) is 23.8. The number of nitrogens with one attached hydrogen (secondary N) is 1. The molecule has 1 fully saturated rings. The number of methoxy groups -OCH3 is 1. The maximum atomic E-state index is 12.6. The third kappa shape index (κ3) is 6.67. The van der Waals surface area contributed by atoms with Crippen LogP contribution in [0.1, 0.15) is 18.1 Å². The van der Waals surface area contributed by atoms with Gasteiger partial charge in [-0.15, -0.1) is 0 Å². The van der Waals surface area contributed by atoms with Crippen LogP contribution < -0.4 is 19.5 Å². The Hall–Kier alpha value is -2.40. The number of aliphatic imine (C=N–C) groups is 1. The van der Waals surface area contributed by atoms with Gasteiger partial charge in [0.1, 0.15) is 12.4 Å². The average Bonchev–Trinajstić information content (AvgIpc) is 3.18. The predicted molar refractivity (Wildman–Crippen MR) is 155 cm³/mol. The fraction of sp³-hybridized carbons (Fsp3) is 0.154. The normalized spacial score (nSPS) is 15.3. The Labute approximate surface area is 237 Å². The number of thioether (sulfide) groups is 1. The van der Waals surface area contributed by atoms with Crippen LogP contribution in [-0.2, 0) is 11.4 Å². The number of carbonyl (C=O) groups excluding carboxylic acids is 1. The van der Waals surface area contributed by atoms with Gasteiger partial charge in [-0.3, -0.25) is 4.79 Å². The van der Waals surface area contributed by atoms with E-state index in [1.807, 2.05) is 49.4 Å². The zero-order chi connectivity index (χ0) is 25.7. The van der Waals surface area contributed by atoms with Crippen molar-refractivity contribution in [3.05, 3.63) is 84.2 Å². The average molecular weight is 655 g/mol. The first-order chi connectivity index (χ1) is 17.4. The first kappa shape index (κ1) is 26.7. The molecular formula is C26H21Cl2IN2O4S. The maximum Gasteiger partial charge on any atom is 0.264 e. The number of amides is 1. The minimum atomic E-state index is -0.212. The van der Waals surface area contributed by atoms with Crippen molar-refractivity contribution >= 4 is 80.4 Å². The fourth-order valence-electron chi connectivity index (χ4n) is 3.28. The molecule has 0 saturated carbocycles. The number of hydrogen-bond donors (Lipinski definition) is 1. The van der Waals surface area contributed by atoms with Crippen LogP contribution >= 0.6 is 57.6 Å². The molecule has 0 unspecified atom stereocenters. The van der Waals surface area contributed by atoms with Gasteiger partial charge in [0.15, 0.2) is 16.7 Å². The van der Waals surface area contributed by atoms with Gasteiger partial charge in [-0.2, -0.15) is 0 Å². The Morgan fingerprint density at radius 1 is 1.08 bits per heavy atom. The van der Waals surface area contributed by atoms with E-state index in [9.17, 15) is 4.79 Å². The number of benzene rings is 3. The van der Waals surface area contributed by atoms with E-state index in [1.165, 1.54) is 11.8 Å². The van der Waals surface area contributed by atoms with Gasteiger partial charge in [0.25, 0.3) is 5.91 Å². The minimum Gasteiger partial charge on any atom is -0.494 e. The van der Waals surface area contributed by atoms with Crippen LogP contribution in [-0.4, -0.2) is 24.8 Å². The first-order valence-electron chi connectivity index (χ1n) is 10.8. The minimum absolute atomic E-state index is 0.212. The van der Waals surface area contributed by atoms with E-state index in [4.69, 9.17) is 37.4 Å². The molecule has 0 bridgehead atoms. The van der Waals surface area contributed by atoms with Gasteiger partial charge in [0.2, 0.25) is 0 Å². The summed E-state index contributed by atoms with van der Waals surface area (Å²) in [7, 11) is 1.57. The lowest BCUT2D eigenvalue weighted by Gasteiger charge is -2.14. The van der Waals surface area contributed by atoms with Gasteiger partial charge in [0, 0.05) is 15.6 Å². The Balaban J connectivity index is 1.50. The zero-order valence-electron chi connectivity index (χ0n) is 19.3. The lowest BCUT2D eigenvalue weighted by molar-refractivity contribution is -0.115. The molecule has 0 atom stereocenters. The maximum absolute atomic E-state index is 12.6. The van der Waals surface area contributed by atoms with Crippen molar-refractivity contribution in [1.29, 1.82) is 0 Å². The number of carbonyl (C=O) groups is 1. The standard InChI is InChI=1S/C26H21Cl2IN2O4S/c1-3-34-19-8-6-18(7-9-19)30-26-31-25(32)23(36-26)12-15-10-21(29)24(22(11-15)33-2)35-14-16-4-5-17(27)13-20(16)28/h4-13H,3,14H2,1-2H3,(H,30,31,32)/b23-12-. The molecular weight excluding hydrogens is 634 g/mol. The molecule has 1 heterocycles. The third-order valence-corrected chi connectivity index (χ3v) is 7.26. The lowest BCUT2D eigenvalue weighted by atomic mass is 10.2. The van der Waals surface area contributed by atoms with Crippen LogP contribution in [0.2, 0.25) is 10.0 Å². The van der Waals surface area contributed by atoms with Gasteiger partial charge in [-0.25, -0.2) is 4.99 Å². The molecule has 6 nitrogen and oxygen atoms in total. The van der Waals surface area contributed by atoms with E-state index < -0.39 is 0 Å². The topological polar surface area (TPSA) is 69.2 Å². The highest BCUT2D eigenvalue weighted by molar-refractivity contribution is 14.1. The molecule has 186 valence electrons. The number of ether oxygens (including phenoxy) is 3. The fourth-order valence-corrected chi connectivity index (χ4v) is 5.37. The van der Waals surface area contributed by atoms with Crippen molar-refractivity contribution in [3.8, 4) is 17.2 Å². The van der Waals surface area contributed by atoms with Gasteiger partial charge in [-0.1, -0.05) is 29.3 Å². The molecule has 1 N–H and O–H groups in total. The number of amidine groups is 1. The van der Waals surface area contributed by atoms with Crippen LogP contribution in [0.15, 0.2) is 64.5 Å². The van der Waals surface area contributed by atoms with Crippen molar-refractivity contribution < 1.29 is 19.0 Å². The van der Waals surface area contributed by atoms with Crippen LogP contribution in [0.4, 0.5) is 5.69 Å². The predicted octanol–water partition coefficient (Wildman–Crippen LogP) is 7.48. The largest absolute Gasteiger partial charge is 0.494 e. The molecule has 1 saturated heterocycles. The van der Waals surface area contributed by atoms with Gasteiger partial charge in [0.05, 0.1) is 27.9 Å². The van der Waals surface area contributed by atoms with Crippen molar-refractivity contribution in [2.75, 3.05) is 13.7 Å². The number of nitrogens with zero attached hydrogens (tertiary/aromatic N) is 1. The molecule has 36 heavy (non-hydrogen) atoms. The summed E-state index contributed by atoms with van der Waals surface area (Å²) in [5, 5.41) is 4.42. The van der Waals surface area contributed by atoms with E-state index in [2.05, 4.69) is 32.9 Å². The van der Waals surface area contributed by atoms with Gasteiger partial charge < -0.3 is 19.5 Å². The van der Waals surface area contributed by atoms with Crippen LogP contribution in [0.3, 0.4) is 0 Å². The highest BCUT2D eigenvalue weighted by Crippen LogP contribution is 2.37. The summed E-state index contributed by atoms with van der Waals surface area (Å²) in [6.07, 6.45) is 1.80. The number of rotatable bonds is 8. The quantitative estimate of drug-likeness (QED) is 0.202. The molecule has 1 aliphatic heterocycles. The summed E-state index contributed by atoms with van der Waals surface area (Å²) >= 11 is 15.7. The summed E-state index contributed by atoms with van der Waals surface area (Å²) in [5.74, 6) is 1.70. The molecule has 0 aliphatic carbocycles. The summed E-state index contributed by atoms with van der Waals surface area (Å²) < 4.78 is 17.9. The summed E-state index contributed by atoms with van der Waals surface area (Å²) in [6, 6.07) is 16.4. The van der Waals surface area contributed by atoms with Crippen LogP contribution in [0.5, 0.6) is 17.2 Å². The number of hydrogen-bond acceptors (Lipinski definition) is 6. The van der Waals surface area contributed by atoms with Gasteiger partial charge in [-0.05, 0) is 101 Å². The molecule has 0 spiro atoms. The molecule has 4 rings (SSSR count). The highest BCUT2D eigenvalue weighted by atomic mass is 127. The van der Waals surface area contributed by atoms with Crippen LogP contribution in [0.25, 0.3) is 6.08 Å². The van der Waals surface area contributed by atoms with E-state index in [-0.39, 0.29) is 12.5 Å². The summed E-state index contributed by atoms with van der Waals surface area (Å²) in [5.41, 5.74) is 2.33. The van der Waals surface area contributed by atoms with E-state index >= 15 is 0 Å². The smallest absolute Gasteiger partial charge is 0.264 e. The second kappa shape index (κ2) is 12.2. The first-order valence-corrected chi connectivity index (χ1v) is 13.5. The Kier molecular flexibility index (Phi) is 9.05. The molecule has 1 aliphatic rings. The number of halogens is 3. The Bertz CT molecular complexity index is 1350. The Morgan fingerprint density at radius 2 is 1.86 bits per heavy atom. The van der Waals surface area contributed by atoms with Crippen molar-refractivity contribution in [2.45, 2.75) is 13.5 Å². The van der Waals surface area contributed by atoms with E-state index in [1.54, 1.807) is 25.3 Å². The van der Waals surface area contributed by atoms with Crippen molar-refractivity contribution in [2.24, 2.45) is 4.99 Å². The monoisotopic (exact) mass is 654 g/mol. The molecule has 1 amide bonds. The highest BCUT2D eigenvalue weighted by Gasteiger charge is 2.24. The summed E-state index contributed by atoms with van der Waals surface area (Å²) in [6.45, 7) is 2.79. The second-order valence-electron chi connectivity index (χ2n) is 7.47. The van der Waals surface area contributed by atoms with Gasteiger partial charge >= 0.3 is 0 Å². The second-order valence-corrected chi connectivity index (χ2v) is 10.5. The van der Waals surface area contributed by atoms with Crippen molar-refractivity contribution in [3.63, 3.8) is 0 Å². The third-order valence-electron chi connectivity index (χ3n) is 4.97. The molecule has 0 radical (unpaired) electrons.